The van der Waals surface area contributed by atoms with E-state index in [1.165, 1.54) is 13.0 Å². The highest BCUT2D eigenvalue weighted by atomic mass is 19.4. The first-order chi connectivity index (χ1) is 8.40. The van der Waals surface area contributed by atoms with Gasteiger partial charge in [0.2, 0.25) is 5.76 Å². The van der Waals surface area contributed by atoms with Crippen molar-refractivity contribution in [1.29, 1.82) is 0 Å². The molecule has 100 valence electrons. The van der Waals surface area contributed by atoms with E-state index in [0.29, 0.717) is 0 Å². The van der Waals surface area contributed by atoms with Crippen LogP contribution in [-0.2, 0) is 10.9 Å². The van der Waals surface area contributed by atoms with E-state index in [-0.39, 0.29) is 13.2 Å². The SMILES string of the molecule is C=CCNc1nc(C(F)(F)F)c(C(=O)OCC)o1. The fourth-order valence-corrected chi connectivity index (χ4v) is 1.08. The zero-order valence-electron chi connectivity index (χ0n) is 9.50. The third-order valence-corrected chi connectivity index (χ3v) is 1.75. The van der Waals surface area contributed by atoms with E-state index >= 15 is 0 Å². The normalized spacial score (nSPS) is 11.1. The minimum atomic E-state index is -4.79. The van der Waals surface area contributed by atoms with Gasteiger partial charge in [-0.3, -0.25) is 0 Å². The molecule has 0 atom stereocenters. The Morgan fingerprint density at radius 3 is 2.78 bits per heavy atom. The zero-order chi connectivity index (χ0) is 13.8. The number of nitrogens with zero attached hydrogens (tertiary/aromatic N) is 1. The predicted molar refractivity (Wildman–Crippen MR) is 56.1 cm³/mol. The van der Waals surface area contributed by atoms with Crippen LogP contribution in [0.4, 0.5) is 19.2 Å². The van der Waals surface area contributed by atoms with Gasteiger partial charge < -0.3 is 14.5 Å². The van der Waals surface area contributed by atoms with Gasteiger partial charge in [-0.1, -0.05) is 6.08 Å². The summed E-state index contributed by atoms with van der Waals surface area (Å²) >= 11 is 0. The molecule has 1 heterocycles. The van der Waals surface area contributed by atoms with Crippen LogP contribution in [0.3, 0.4) is 0 Å². The zero-order valence-corrected chi connectivity index (χ0v) is 9.50. The van der Waals surface area contributed by atoms with E-state index in [4.69, 9.17) is 4.42 Å². The van der Waals surface area contributed by atoms with Crippen LogP contribution < -0.4 is 5.32 Å². The maximum absolute atomic E-state index is 12.6. The Labute approximate surface area is 101 Å². The summed E-state index contributed by atoms with van der Waals surface area (Å²) in [6, 6.07) is -0.412. The first kappa shape index (κ1) is 14.1. The Balaban J connectivity index is 3.08. The molecule has 0 aliphatic heterocycles. The molecule has 0 bridgehead atoms. The van der Waals surface area contributed by atoms with Gasteiger partial charge in [0.15, 0.2) is 5.69 Å². The minimum Gasteiger partial charge on any atom is -0.460 e. The van der Waals surface area contributed by atoms with Gasteiger partial charge >= 0.3 is 12.1 Å². The van der Waals surface area contributed by atoms with Gasteiger partial charge in [-0.2, -0.15) is 18.2 Å². The van der Waals surface area contributed by atoms with Gasteiger partial charge in [0.1, 0.15) is 0 Å². The molecule has 0 spiro atoms. The fraction of sp³-hybridized carbons (Fsp3) is 0.400. The number of anilines is 1. The highest BCUT2D eigenvalue weighted by molar-refractivity contribution is 5.88. The fourth-order valence-electron chi connectivity index (χ4n) is 1.08. The lowest BCUT2D eigenvalue weighted by Crippen LogP contribution is -2.14. The standard InChI is InChI=1S/C10H11F3N2O3/c1-3-5-14-9-15-7(10(11,12)13)6(18-9)8(16)17-4-2/h3H,1,4-5H2,2H3,(H,14,15). The average molecular weight is 264 g/mol. The van der Waals surface area contributed by atoms with Crippen LogP contribution in [0.5, 0.6) is 0 Å². The smallest absolute Gasteiger partial charge is 0.437 e. The summed E-state index contributed by atoms with van der Waals surface area (Å²) in [4.78, 5) is 14.5. The summed E-state index contributed by atoms with van der Waals surface area (Å²) < 4.78 is 47.0. The molecule has 18 heavy (non-hydrogen) atoms. The van der Waals surface area contributed by atoms with Gasteiger partial charge in [0, 0.05) is 6.54 Å². The molecule has 1 aromatic heterocycles. The molecule has 0 aromatic carbocycles. The van der Waals surface area contributed by atoms with Crippen LogP contribution in [0.2, 0.25) is 0 Å². The Hall–Kier alpha value is -1.99. The van der Waals surface area contributed by atoms with Crippen molar-refractivity contribution in [3.05, 3.63) is 24.1 Å². The number of esters is 1. The second kappa shape index (κ2) is 5.56. The van der Waals surface area contributed by atoms with Crippen molar-refractivity contribution in [2.24, 2.45) is 0 Å². The number of hydrogen-bond acceptors (Lipinski definition) is 5. The summed E-state index contributed by atoms with van der Waals surface area (Å²) in [5.41, 5.74) is -1.41. The molecule has 0 radical (unpaired) electrons. The second-order valence-electron chi connectivity index (χ2n) is 3.08. The van der Waals surface area contributed by atoms with Crippen molar-refractivity contribution < 1.29 is 27.1 Å². The van der Waals surface area contributed by atoms with Crippen molar-refractivity contribution in [1.82, 2.24) is 4.98 Å². The van der Waals surface area contributed by atoms with Gasteiger partial charge in [0.05, 0.1) is 6.61 Å². The van der Waals surface area contributed by atoms with Crippen LogP contribution in [0.15, 0.2) is 17.1 Å². The average Bonchev–Trinajstić information content (AvgIpc) is 2.70. The molecule has 0 amide bonds. The monoisotopic (exact) mass is 264 g/mol. The van der Waals surface area contributed by atoms with Crippen LogP contribution >= 0.6 is 0 Å². The van der Waals surface area contributed by atoms with Crippen LogP contribution in [-0.4, -0.2) is 24.1 Å². The lowest BCUT2D eigenvalue weighted by Gasteiger charge is -2.03. The summed E-state index contributed by atoms with van der Waals surface area (Å²) in [5.74, 6) is -2.17. The number of ether oxygens (including phenoxy) is 1. The van der Waals surface area contributed by atoms with E-state index in [9.17, 15) is 18.0 Å². The summed E-state index contributed by atoms with van der Waals surface area (Å²) in [6.45, 7) is 4.93. The molecule has 0 saturated heterocycles. The van der Waals surface area contributed by atoms with Gasteiger partial charge in [-0.15, -0.1) is 6.58 Å². The molecule has 8 heteroatoms. The topological polar surface area (TPSA) is 64.4 Å². The number of halogens is 3. The number of carbonyl (C=O) groups excluding carboxylic acids is 1. The van der Waals surface area contributed by atoms with Crippen molar-refractivity contribution in [2.75, 3.05) is 18.5 Å². The van der Waals surface area contributed by atoms with Gasteiger partial charge in [0.25, 0.3) is 6.01 Å². The Morgan fingerprint density at radius 2 is 2.28 bits per heavy atom. The molecule has 0 aliphatic carbocycles. The number of oxazole rings is 1. The third kappa shape index (κ3) is 3.25. The Bertz CT molecular complexity index is 440. The minimum absolute atomic E-state index is 0.0632. The molecule has 0 fully saturated rings. The molecule has 1 aromatic rings. The largest absolute Gasteiger partial charge is 0.460 e. The molecule has 1 N–H and O–H groups in total. The lowest BCUT2D eigenvalue weighted by atomic mass is 10.3. The Morgan fingerprint density at radius 1 is 1.61 bits per heavy atom. The number of hydrogen-bond donors (Lipinski definition) is 1. The quantitative estimate of drug-likeness (QED) is 0.653. The molecular formula is C10H11F3N2O3. The summed E-state index contributed by atoms with van der Waals surface area (Å²) in [5, 5.41) is 2.42. The predicted octanol–water partition coefficient (Wildman–Crippen LogP) is 2.47. The van der Waals surface area contributed by atoms with E-state index < -0.39 is 29.6 Å². The van der Waals surface area contributed by atoms with Crippen LogP contribution in [0, 0.1) is 0 Å². The van der Waals surface area contributed by atoms with E-state index in [1.54, 1.807) is 0 Å². The number of nitrogens with one attached hydrogen (secondary N) is 1. The van der Waals surface area contributed by atoms with Gasteiger partial charge in [-0.05, 0) is 6.92 Å². The first-order valence-corrected chi connectivity index (χ1v) is 5.00. The third-order valence-electron chi connectivity index (χ3n) is 1.75. The highest BCUT2D eigenvalue weighted by Gasteiger charge is 2.41. The van der Waals surface area contributed by atoms with E-state index in [0.717, 1.165) is 0 Å². The molecule has 1 rings (SSSR count). The van der Waals surface area contributed by atoms with Crippen molar-refractivity contribution in [2.45, 2.75) is 13.1 Å². The number of aromatic nitrogens is 1. The molecule has 0 unspecified atom stereocenters. The maximum Gasteiger partial charge on any atom is 0.437 e. The number of alkyl halides is 3. The van der Waals surface area contributed by atoms with Crippen molar-refractivity contribution in [3.63, 3.8) is 0 Å². The first-order valence-electron chi connectivity index (χ1n) is 5.00. The van der Waals surface area contributed by atoms with Crippen LogP contribution in [0.25, 0.3) is 0 Å². The molecule has 0 aliphatic rings. The van der Waals surface area contributed by atoms with Gasteiger partial charge in [-0.25, -0.2) is 4.79 Å². The maximum atomic E-state index is 12.6. The second-order valence-corrected chi connectivity index (χ2v) is 3.08. The van der Waals surface area contributed by atoms with Crippen molar-refractivity contribution >= 4 is 12.0 Å². The molecule has 5 nitrogen and oxygen atoms in total. The summed E-state index contributed by atoms with van der Waals surface area (Å²) in [6.07, 6.45) is -3.39. The number of carbonyl (C=O) groups is 1. The Kier molecular flexibility index (Phi) is 4.35. The number of rotatable bonds is 5. The summed E-state index contributed by atoms with van der Waals surface area (Å²) in [7, 11) is 0. The molecule has 0 saturated carbocycles. The van der Waals surface area contributed by atoms with Crippen LogP contribution in [0.1, 0.15) is 23.2 Å². The van der Waals surface area contributed by atoms with E-state index in [2.05, 4.69) is 21.6 Å². The molecular weight excluding hydrogens is 253 g/mol. The lowest BCUT2D eigenvalue weighted by molar-refractivity contribution is -0.141. The highest BCUT2D eigenvalue weighted by Crippen LogP contribution is 2.33. The van der Waals surface area contributed by atoms with E-state index in [1.807, 2.05) is 0 Å². The van der Waals surface area contributed by atoms with Crippen molar-refractivity contribution in [3.8, 4) is 0 Å².